The Kier molecular flexibility index (Phi) is 2.89. The molecule has 4 nitrogen and oxygen atoms in total. The van der Waals surface area contributed by atoms with Crippen LogP contribution in [0.25, 0.3) is 0 Å². The Morgan fingerprint density at radius 2 is 1.81 bits per heavy atom. The van der Waals surface area contributed by atoms with Gasteiger partial charge in [-0.15, -0.1) is 0 Å². The number of aliphatic hydroxyl groups excluding tert-OH is 1. The molecule has 1 N–H and O–H groups in total. The van der Waals surface area contributed by atoms with E-state index in [4.69, 9.17) is 9.47 Å². The van der Waals surface area contributed by atoms with Gasteiger partial charge in [-0.1, -0.05) is 13.8 Å². The summed E-state index contributed by atoms with van der Waals surface area (Å²) in [5.74, 6) is 1.84. The van der Waals surface area contributed by atoms with Crippen LogP contribution in [-0.2, 0) is 9.47 Å². The zero-order chi connectivity index (χ0) is 14.8. The number of hydrogen-bond donors (Lipinski definition) is 1. The highest BCUT2D eigenvalue weighted by Crippen LogP contribution is 2.63. The van der Waals surface area contributed by atoms with Gasteiger partial charge in [-0.05, 0) is 61.7 Å². The highest BCUT2D eigenvalue weighted by atomic mass is 16.7. The average molecular weight is 294 g/mol. The van der Waals surface area contributed by atoms with Crippen LogP contribution in [0.15, 0.2) is 0 Å². The van der Waals surface area contributed by atoms with Gasteiger partial charge in [0.1, 0.15) is 12.7 Å². The molecule has 0 aromatic carbocycles. The van der Waals surface area contributed by atoms with Gasteiger partial charge in [-0.2, -0.15) is 0 Å². The summed E-state index contributed by atoms with van der Waals surface area (Å²) >= 11 is 0. The molecule has 4 fully saturated rings. The van der Waals surface area contributed by atoms with Crippen LogP contribution in [0, 0.1) is 28.6 Å². The first kappa shape index (κ1) is 13.9. The summed E-state index contributed by atoms with van der Waals surface area (Å²) in [6.07, 6.45) is 5.81. The second kappa shape index (κ2) is 4.37. The number of carbonyl (C=O) groups is 1. The Labute approximate surface area is 126 Å². The Morgan fingerprint density at radius 3 is 2.62 bits per heavy atom. The molecular weight excluding hydrogens is 268 g/mol. The predicted molar refractivity (Wildman–Crippen MR) is 76.6 cm³/mol. The van der Waals surface area contributed by atoms with Crippen molar-refractivity contribution >= 4 is 6.16 Å². The van der Waals surface area contributed by atoms with Gasteiger partial charge < -0.3 is 14.6 Å². The molecule has 0 bridgehead atoms. The van der Waals surface area contributed by atoms with Crippen molar-refractivity contribution in [3.63, 3.8) is 0 Å². The smallest absolute Gasteiger partial charge is 0.434 e. The molecule has 4 heteroatoms. The molecule has 1 saturated heterocycles. The third-order valence-electron chi connectivity index (χ3n) is 7.47. The minimum Gasteiger partial charge on any atom is -0.434 e. The molecule has 0 aromatic heterocycles. The van der Waals surface area contributed by atoms with E-state index in [0.29, 0.717) is 24.4 Å². The summed E-state index contributed by atoms with van der Waals surface area (Å²) < 4.78 is 10.7. The maximum Gasteiger partial charge on any atom is 0.508 e. The lowest BCUT2D eigenvalue weighted by molar-refractivity contribution is -0.187. The molecule has 21 heavy (non-hydrogen) atoms. The van der Waals surface area contributed by atoms with Crippen molar-refractivity contribution in [3.8, 4) is 0 Å². The van der Waals surface area contributed by atoms with E-state index in [1.54, 1.807) is 0 Å². The molecule has 0 radical (unpaired) electrons. The quantitative estimate of drug-likeness (QED) is 0.697. The lowest BCUT2D eigenvalue weighted by atomic mass is 9.49. The van der Waals surface area contributed by atoms with Crippen LogP contribution < -0.4 is 0 Å². The van der Waals surface area contributed by atoms with Crippen LogP contribution in [0.1, 0.15) is 52.4 Å². The lowest BCUT2D eigenvalue weighted by Crippen LogP contribution is -2.58. The first-order valence-corrected chi connectivity index (χ1v) is 8.46. The first-order chi connectivity index (χ1) is 9.95. The van der Waals surface area contributed by atoms with Gasteiger partial charge in [-0.3, -0.25) is 0 Å². The van der Waals surface area contributed by atoms with Crippen molar-refractivity contribution in [2.75, 3.05) is 6.61 Å². The predicted octanol–water partition coefficient (Wildman–Crippen LogP) is 3.13. The molecule has 0 spiro atoms. The highest BCUT2D eigenvalue weighted by Gasteiger charge is 2.61. The van der Waals surface area contributed by atoms with Gasteiger partial charge in [0, 0.05) is 5.41 Å². The van der Waals surface area contributed by atoms with Crippen molar-refractivity contribution < 1.29 is 19.4 Å². The zero-order valence-electron chi connectivity index (χ0n) is 13.0. The van der Waals surface area contributed by atoms with Crippen LogP contribution in [0.2, 0.25) is 0 Å². The van der Waals surface area contributed by atoms with Crippen molar-refractivity contribution in [2.24, 2.45) is 28.6 Å². The van der Waals surface area contributed by atoms with Crippen LogP contribution in [0.4, 0.5) is 4.79 Å². The summed E-state index contributed by atoms with van der Waals surface area (Å²) in [7, 11) is 0. The SMILES string of the molecule is C[C@]12COC(=O)OC1CC[C@@H]1C2CC[C@]2(C)C(O)CC[C@@H]12. The molecule has 0 amide bonds. The summed E-state index contributed by atoms with van der Waals surface area (Å²) in [6, 6.07) is 0. The highest BCUT2D eigenvalue weighted by molar-refractivity contribution is 5.61. The fraction of sp³-hybridized carbons (Fsp3) is 0.941. The van der Waals surface area contributed by atoms with E-state index in [1.807, 2.05) is 0 Å². The fourth-order valence-electron chi connectivity index (χ4n) is 6.15. The van der Waals surface area contributed by atoms with Gasteiger partial charge in [0.2, 0.25) is 0 Å². The van der Waals surface area contributed by atoms with Crippen LogP contribution >= 0.6 is 0 Å². The summed E-state index contributed by atoms with van der Waals surface area (Å²) in [5.41, 5.74) is 0.0717. The number of aliphatic hydroxyl groups is 1. The minimum absolute atomic E-state index is 0.0238. The van der Waals surface area contributed by atoms with Gasteiger partial charge in [0.25, 0.3) is 0 Å². The van der Waals surface area contributed by atoms with E-state index in [2.05, 4.69) is 13.8 Å². The molecular formula is C17H26O4. The Morgan fingerprint density at radius 1 is 1.05 bits per heavy atom. The molecule has 118 valence electrons. The van der Waals surface area contributed by atoms with Crippen molar-refractivity contribution in [1.29, 1.82) is 0 Å². The number of fused-ring (bicyclic) bond motifs is 5. The third-order valence-corrected chi connectivity index (χ3v) is 7.47. The van der Waals surface area contributed by atoms with Crippen LogP contribution in [-0.4, -0.2) is 30.1 Å². The van der Waals surface area contributed by atoms with Crippen molar-refractivity contribution in [1.82, 2.24) is 0 Å². The molecule has 1 aliphatic heterocycles. The average Bonchev–Trinajstić information content (AvgIpc) is 2.76. The number of ether oxygens (including phenoxy) is 2. The Balaban J connectivity index is 1.64. The van der Waals surface area contributed by atoms with E-state index >= 15 is 0 Å². The van der Waals surface area contributed by atoms with Crippen molar-refractivity contribution in [2.45, 2.75) is 64.6 Å². The van der Waals surface area contributed by atoms with Gasteiger partial charge in [-0.25, -0.2) is 4.79 Å². The summed E-state index contributed by atoms with van der Waals surface area (Å²) in [4.78, 5) is 11.4. The third kappa shape index (κ3) is 1.74. The van der Waals surface area contributed by atoms with Crippen LogP contribution in [0.5, 0.6) is 0 Å². The standard InChI is InChI=1S/C17H26O4/c1-16-8-7-12-10(11(16)4-5-13(16)18)3-6-14-17(12,2)9-20-15(19)21-14/h10-14,18H,3-9H2,1-2H3/t10-,11-,12?,13?,14?,16-,17+/m0/s1. The van der Waals surface area contributed by atoms with Gasteiger partial charge in [0.05, 0.1) is 6.10 Å². The zero-order valence-corrected chi connectivity index (χ0v) is 13.0. The number of hydrogen-bond acceptors (Lipinski definition) is 4. The molecule has 3 aliphatic carbocycles. The monoisotopic (exact) mass is 294 g/mol. The summed E-state index contributed by atoms with van der Waals surface area (Å²) in [6.45, 7) is 5.04. The molecule has 3 unspecified atom stereocenters. The van der Waals surface area contributed by atoms with Gasteiger partial charge >= 0.3 is 6.16 Å². The molecule has 4 rings (SSSR count). The molecule has 4 aliphatic rings. The maximum atomic E-state index is 11.4. The molecule has 7 atom stereocenters. The second-order valence-corrected chi connectivity index (χ2v) is 8.24. The van der Waals surface area contributed by atoms with E-state index in [-0.39, 0.29) is 23.0 Å². The molecule has 1 heterocycles. The van der Waals surface area contributed by atoms with Crippen LogP contribution in [0.3, 0.4) is 0 Å². The van der Waals surface area contributed by atoms with Gasteiger partial charge in [0.15, 0.2) is 0 Å². The number of cyclic esters (lactones) is 1. The fourth-order valence-corrected chi connectivity index (χ4v) is 6.15. The summed E-state index contributed by atoms with van der Waals surface area (Å²) in [5, 5.41) is 10.4. The topological polar surface area (TPSA) is 55.8 Å². The largest absolute Gasteiger partial charge is 0.508 e. The van der Waals surface area contributed by atoms with E-state index in [9.17, 15) is 9.90 Å². The normalized spacial score (nSPS) is 55.8. The Hall–Kier alpha value is -0.770. The van der Waals surface area contributed by atoms with Crippen molar-refractivity contribution in [3.05, 3.63) is 0 Å². The first-order valence-electron chi connectivity index (χ1n) is 8.46. The van der Waals surface area contributed by atoms with E-state index in [1.165, 1.54) is 0 Å². The Bertz CT molecular complexity index is 464. The second-order valence-electron chi connectivity index (χ2n) is 8.24. The molecule has 0 aromatic rings. The lowest BCUT2D eigenvalue weighted by Gasteiger charge is -2.58. The molecule has 3 saturated carbocycles. The maximum absolute atomic E-state index is 11.4. The van der Waals surface area contributed by atoms with E-state index < -0.39 is 6.16 Å². The van der Waals surface area contributed by atoms with E-state index in [0.717, 1.165) is 38.5 Å². The minimum atomic E-state index is -0.493. The number of carbonyl (C=O) groups excluding carboxylic acids is 1. The number of rotatable bonds is 0.